The number of rotatable bonds is 1. The van der Waals surface area contributed by atoms with Crippen LogP contribution in [-0.2, 0) is 4.79 Å². The second kappa shape index (κ2) is 3.29. The van der Waals surface area contributed by atoms with Gasteiger partial charge in [0.05, 0.1) is 5.92 Å². The number of carbonyl (C=O) groups is 1. The van der Waals surface area contributed by atoms with E-state index in [1.54, 1.807) is 0 Å². The highest BCUT2D eigenvalue weighted by Crippen LogP contribution is 2.40. The number of fused-ring (bicyclic) bond motifs is 2. The van der Waals surface area contributed by atoms with Crippen molar-refractivity contribution >= 4 is 17.7 Å². The molecular formula is C9H14O2S. The second-order valence-electron chi connectivity index (χ2n) is 4.01. The summed E-state index contributed by atoms with van der Waals surface area (Å²) >= 11 is 2.01. The third-order valence-electron chi connectivity index (χ3n) is 2.96. The number of thioether (sulfide) groups is 1. The van der Waals surface area contributed by atoms with Crippen LogP contribution in [-0.4, -0.2) is 22.6 Å². The molecule has 2 nitrogen and oxygen atoms in total. The smallest absolute Gasteiger partial charge is 0.306 e. The first kappa shape index (κ1) is 8.42. The molecule has 2 fully saturated rings. The molecule has 2 rings (SSSR count). The normalized spacial score (nSPS) is 40.8. The van der Waals surface area contributed by atoms with E-state index in [1.807, 2.05) is 11.8 Å². The molecular weight excluding hydrogens is 172 g/mol. The lowest BCUT2D eigenvalue weighted by atomic mass is 9.76. The van der Waals surface area contributed by atoms with Crippen molar-refractivity contribution in [1.29, 1.82) is 0 Å². The van der Waals surface area contributed by atoms with Gasteiger partial charge in [-0.3, -0.25) is 4.79 Å². The Hall–Kier alpha value is -0.180. The van der Waals surface area contributed by atoms with Crippen LogP contribution in [0.5, 0.6) is 0 Å². The highest BCUT2D eigenvalue weighted by molar-refractivity contribution is 7.99. The summed E-state index contributed by atoms with van der Waals surface area (Å²) in [5.74, 6) is 3.18. The zero-order valence-electron chi connectivity index (χ0n) is 7.03. The van der Waals surface area contributed by atoms with Crippen LogP contribution < -0.4 is 0 Å². The molecule has 0 radical (unpaired) electrons. The van der Waals surface area contributed by atoms with Crippen LogP contribution in [0.3, 0.4) is 0 Å². The fraction of sp³-hybridized carbons (Fsp3) is 0.889. The monoisotopic (exact) mass is 186 g/mol. The summed E-state index contributed by atoms with van der Waals surface area (Å²) in [5.41, 5.74) is 0. The third kappa shape index (κ3) is 1.60. The molecule has 0 amide bonds. The maximum atomic E-state index is 10.8. The van der Waals surface area contributed by atoms with Gasteiger partial charge in [0.1, 0.15) is 0 Å². The molecule has 3 atom stereocenters. The topological polar surface area (TPSA) is 37.3 Å². The second-order valence-corrected chi connectivity index (χ2v) is 5.09. The average molecular weight is 186 g/mol. The molecule has 1 N–H and O–H groups in total. The minimum Gasteiger partial charge on any atom is -0.481 e. The Labute approximate surface area is 76.7 Å². The van der Waals surface area contributed by atoms with Gasteiger partial charge in [-0.25, -0.2) is 0 Å². The van der Waals surface area contributed by atoms with E-state index in [9.17, 15) is 4.79 Å². The minimum absolute atomic E-state index is 0.0327. The lowest BCUT2D eigenvalue weighted by Crippen LogP contribution is -2.33. The standard InChI is InChI=1S/C9H14O2S/c10-9(11)8-2-6-1-7(3-8)5-12-4-6/h6-8H,1-5H2,(H,10,11)/t6-,7+,8?. The molecule has 1 saturated heterocycles. The van der Waals surface area contributed by atoms with Crippen LogP contribution >= 0.6 is 11.8 Å². The van der Waals surface area contributed by atoms with E-state index in [1.165, 1.54) is 17.9 Å². The van der Waals surface area contributed by atoms with Gasteiger partial charge in [-0.2, -0.15) is 11.8 Å². The summed E-state index contributed by atoms with van der Waals surface area (Å²) in [6, 6.07) is 0. The zero-order chi connectivity index (χ0) is 8.55. The molecule has 0 aromatic heterocycles. The van der Waals surface area contributed by atoms with Crippen LogP contribution in [0, 0.1) is 17.8 Å². The van der Waals surface area contributed by atoms with Gasteiger partial charge < -0.3 is 5.11 Å². The Morgan fingerprint density at radius 1 is 1.17 bits per heavy atom. The van der Waals surface area contributed by atoms with E-state index in [2.05, 4.69) is 0 Å². The number of carboxylic acid groups (broad SMARTS) is 1. The third-order valence-corrected chi connectivity index (χ3v) is 4.37. The molecule has 1 unspecified atom stereocenters. The van der Waals surface area contributed by atoms with Crippen molar-refractivity contribution in [2.24, 2.45) is 17.8 Å². The van der Waals surface area contributed by atoms with Crippen LogP contribution in [0.1, 0.15) is 19.3 Å². The van der Waals surface area contributed by atoms with Crippen molar-refractivity contribution in [3.05, 3.63) is 0 Å². The molecule has 3 heteroatoms. The van der Waals surface area contributed by atoms with Crippen molar-refractivity contribution in [3.8, 4) is 0 Å². The molecule has 1 aliphatic heterocycles. The Kier molecular flexibility index (Phi) is 2.31. The Morgan fingerprint density at radius 3 is 2.25 bits per heavy atom. The lowest BCUT2D eigenvalue weighted by molar-refractivity contribution is -0.143. The first-order valence-corrected chi connectivity index (χ1v) is 5.71. The molecule has 2 aliphatic rings. The van der Waals surface area contributed by atoms with Gasteiger partial charge >= 0.3 is 5.97 Å². The Balaban J connectivity index is 2.00. The van der Waals surface area contributed by atoms with Gasteiger partial charge in [0, 0.05) is 0 Å². The SMILES string of the molecule is O=C(O)C1C[C@H]2CSC[C@@H](C1)C2. The summed E-state index contributed by atoms with van der Waals surface area (Å²) in [6.45, 7) is 0. The number of carboxylic acids is 1. The van der Waals surface area contributed by atoms with E-state index >= 15 is 0 Å². The average Bonchev–Trinajstić information content (AvgIpc) is 2.03. The molecule has 0 spiro atoms. The number of aliphatic carboxylic acids is 1. The Morgan fingerprint density at radius 2 is 1.75 bits per heavy atom. The van der Waals surface area contributed by atoms with Gasteiger partial charge in [-0.05, 0) is 42.6 Å². The maximum absolute atomic E-state index is 10.8. The predicted octanol–water partition coefficient (Wildman–Crippen LogP) is 1.85. The largest absolute Gasteiger partial charge is 0.481 e. The lowest BCUT2D eigenvalue weighted by Gasteiger charge is -2.36. The molecule has 2 bridgehead atoms. The highest BCUT2D eigenvalue weighted by atomic mass is 32.2. The van der Waals surface area contributed by atoms with Gasteiger partial charge in [0.25, 0.3) is 0 Å². The molecule has 68 valence electrons. The van der Waals surface area contributed by atoms with E-state index < -0.39 is 5.97 Å². The zero-order valence-corrected chi connectivity index (χ0v) is 7.85. The van der Waals surface area contributed by atoms with Crippen LogP contribution in [0.15, 0.2) is 0 Å². The summed E-state index contributed by atoms with van der Waals surface area (Å²) in [4.78, 5) is 10.8. The summed E-state index contributed by atoms with van der Waals surface area (Å²) < 4.78 is 0. The molecule has 12 heavy (non-hydrogen) atoms. The first-order chi connectivity index (χ1) is 5.75. The van der Waals surface area contributed by atoms with Crippen LogP contribution in [0.2, 0.25) is 0 Å². The highest BCUT2D eigenvalue weighted by Gasteiger charge is 2.35. The van der Waals surface area contributed by atoms with E-state index in [0.717, 1.165) is 12.8 Å². The first-order valence-electron chi connectivity index (χ1n) is 4.56. The quantitative estimate of drug-likeness (QED) is 0.679. The van der Waals surface area contributed by atoms with Crippen molar-refractivity contribution in [3.63, 3.8) is 0 Å². The maximum Gasteiger partial charge on any atom is 0.306 e. The van der Waals surface area contributed by atoms with Gasteiger partial charge in [-0.15, -0.1) is 0 Å². The molecule has 1 saturated carbocycles. The fourth-order valence-electron chi connectivity index (χ4n) is 2.44. The molecule has 0 aromatic carbocycles. The summed E-state index contributed by atoms with van der Waals surface area (Å²) in [7, 11) is 0. The van der Waals surface area contributed by atoms with Crippen molar-refractivity contribution in [2.75, 3.05) is 11.5 Å². The predicted molar refractivity (Wildman–Crippen MR) is 49.3 cm³/mol. The van der Waals surface area contributed by atoms with Crippen LogP contribution in [0.4, 0.5) is 0 Å². The minimum atomic E-state index is -0.573. The van der Waals surface area contributed by atoms with Crippen molar-refractivity contribution < 1.29 is 9.90 Å². The Bertz CT molecular complexity index is 181. The molecule has 0 aromatic rings. The van der Waals surface area contributed by atoms with E-state index in [-0.39, 0.29) is 5.92 Å². The van der Waals surface area contributed by atoms with E-state index in [4.69, 9.17) is 5.11 Å². The van der Waals surface area contributed by atoms with Crippen molar-refractivity contribution in [1.82, 2.24) is 0 Å². The van der Waals surface area contributed by atoms with Crippen molar-refractivity contribution in [2.45, 2.75) is 19.3 Å². The van der Waals surface area contributed by atoms with Gasteiger partial charge in [0.15, 0.2) is 0 Å². The molecule has 1 heterocycles. The fourth-order valence-corrected chi connectivity index (χ4v) is 3.79. The number of hydrogen-bond donors (Lipinski definition) is 1. The van der Waals surface area contributed by atoms with E-state index in [0.29, 0.717) is 11.8 Å². The number of hydrogen-bond acceptors (Lipinski definition) is 2. The van der Waals surface area contributed by atoms with Gasteiger partial charge in [-0.1, -0.05) is 0 Å². The van der Waals surface area contributed by atoms with Gasteiger partial charge in [0.2, 0.25) is 0 Å². The molecule has 1 aliphatic carbocycles. The summed E-state index contributed by atoms with van der Waals surface area (Å²) in [6.07, 6.45) is 3.15. The summed E-state index contributed by atoms with van der Waals surface area (Å²) in [5, 5.41) is 8.89. The van der Waals surface area contributed by atoms with Crippen LogP contribution in [0.25, 0.3) is 0 Å².